The third-order valence-electron chi connectivity index (χ3n) is 12.2. The van der Waals surface area contributed by atoms with Gasteiger partial charge in [0.15, 0.2) is 0 Å². The van der Waals surface area contributed by atoms with Crippen molar-refractivity contribution in [3.05, 3.63) is 57.6 Å². The third kappa shape index (κ3) is 13.8. The molecule has 1 unspecified atom stereocenters. The molecule has 0 bridgehead atoms. The summed E-state index contributed by atoms with van der Waals surface area (Å²) in [5.74, 6) is 0.476. The molecule has 0 spiro atoms. The van der Waals surface area contributed by atoms with Gasteiger partial charge in [-0.3, -0.25) is 9.69 Å². The number of amides is 3. The summed E-state index contributed by atoms with van der Waals surface area (Å²) in [6, 6.07) is 7.80. The lowest BCUT2D eigenvalue weighted by atomic mass is 9.77. The molecule has 0 aliphatic carbocycles. The van der Waals surface area contributed by atoms with Gasteiger partial charge in [-0.25, -0.2) is 4.79 Å². The van der Waals surface area contributed by atoms with Crippen molar-refractivity contribution in [3.8, 4) is 11.5 Å². The maximum atomic E-state index is 14.7. The fourth-order valence-electron chi connectivity index (χ4n) is 8.53. The second kappa shape index (κ2) is 20.3. The maximum absolute atomic E-state index is 14.7. The predicted molar refractivity (Wildman–Crippen MR) is 241 cm³/mol. The Balaban J connectivity index is 1.79. The van der Waals surface area contributed by atoms with Crippen molar-refractivity contribution in [3.63, 3.8) is 0 Å². The van der Waals surface area contributed by atoms with Crippen LogP contribution in [-0.4, -0.2) is 32.6 Å². The number of phenols is 2. The molecule has 2 aromatic rings. The quantitative estimate of drug-likeness (QED) is 0.0868. The summed E-state index contributed by atoms with van der Waals surface area (Å²) in [7, 11) is 0. The van der Waals surface area contributed by atoms with Crippen LogP contribution < -0.4 is 5.32 Å². The molecule has 1 aliphatic rings. The second-order valence-corrected chi connectivity index (χ2v) is 21.7. The van der Waals surface area contributed by atoms with Crippen LogP contribution in [0.3, 0.4) is 0 Å². The van der Waals surface area contributed by atoms with E-state index in [-0.39, 0.29) is 45.9 Å². The molecule has 3 N–H and O–H groups in total. The Labute approximate surface area is 349 Å². The first-order chi connectivity index (χ1) is 26.4. The molecule has 57 heavy (non-hydrogen) atoms. The first-order valence-corrected chi connectivity index (χ1v) is 22.8. The number of hydrogen-bond acceptors (Lipinski definition) is 4. The molecule has 322 valence electrons. The van der Waals surface area contributed by atoms with E-state index in [9.17, 15) is 19.8 Å². The highest BCUT2D eigenvalue weighted by Gasteiger charge is 2.50. The molecule has 1 aliphatic heterocycles. The molecular formula is C51H84N2O4. The molecule has 2 aromatic carbocycles. The number of aromatic hydroxyl groups is 2. The number of nitrogens with one attached hydrogen (secondary N) is 1. The highest BCUT2D eigenvalue weighted by atomic mass is 16.3. The van der Waals surface area contributed by atoms with Gasteiger partial charge in [-0.1, -0.05) is 198 Å². The van der Waals surface area contributed by atoms with E-state index in [2.05, 4.69) is 107 Å². The normalized spacial score (nSPS) is 16.8. The number of carbonyl (C=O) groups excluding carboxylic acids is 2. The van der Waals surface area contributed by atoms with E-state index in [1.54, 1.807) is 0 Å². The van der Waals surface area contributed by atoms with E-state index in [1.165, 1.54) is 81.9 Å². The Kier molecular flexibility index (Phi) is 17.2. The summed E-state index contributed by atoms with van der Waals surface area (Å²) in [5, 5.41) is 26.0. The topological polar surface area (TPSA) is 89.9 Å². The van der Waals surface area contributed by atoms with Gasteiger partial charge >= 0.3 is 6.03 Å². The van der Waals surface area contributed by atoms with Crippen LogP contribution in [0.5, 0.6) is 11.5 Å². The SMILES string of the molecule is CCCCCCCCCCCCCCCCCC1(CCc2cc(C(C)(C)C)c(O)c(C(C)(C)C)c2)NC(=O)N(Cc2cc(C(C)(C)C)c(O)c(C(C)(C)C)c2)C1=O. The van der Waals surface area contributed by atoms with Gasteiger partial charge in [-0.15, -0.1) is 0 Å². The van der Waals surface area contributed by atoms with Crippen LogP contribution in [0.1, 0.15) is 233 Å². The van der Waals surface area contributed by atoms with Gasteiger partial charge in [0.2, 0.25) is 0 Å². The molecule has 6 heteroatoms. The minimum atomic E-state index is -1.01. The van der Waals surface area contributed by atoms with Crippen molar-refractivity contribution in [1.29, 1.82) is 0 Å². The Morgan fingerprint density at radius 1 is 0.509 bits per heavy atom. The lowest BCUT2D eigenvalue weighted by Gasteiger charge is -2.30. The number of phenolic OH excluding ortho intramolecular Hbond substituents is 2. The van der Waals surface area contributed by atoms with Crippen LogP contribution in [0.15, 0.2) is 24.3 Å². The molecule has 6 nitrogen and oxygen atoms in total. The van der Waals surface area contributed by atoms with Gasteiger partial charge < -0.3 is 15.5 Å². The Morgan fingerprint density at radius 2 is 0.842 bits per heavy atom. The van der Waals surface area contributed by atoms with E-state index < -0.39 is 5.54 Å². The molecular weight excluding hydrogens is 705 g/mol. The van der Waals surface area contributed by atoms with Crippen molar-refractivity contribution in [2.24, 2.45) is 0 Å². The zero-order valence-corrected chi connectivity index (χ0v) is 38.9. The zero-order chi connectivity index (χ0) is 42.8. The smallest absolute Gasteiger partial charge is 0.325 e. The van der Waals surface area contributed by atoms with Crippen LogP contribution in [0.25, 0.3) is 0 Å². The molecule has 3 amide bonds. The molecule has 0 saturated carbocycles. The van der Waals surface area contributed by atoms with Crippen LogP contribution in [0.4, 0.5) is 4.79 Å². The Bertz CT molecular complexity index is 1540. The summed E-state index contributed by atoms with van der Waals surface area (Å²) < 4.78 is 0. The average molecular weight is 789 g/mol. The number of unbranched alkanes of at least 4 members (excludes halogenated alkanes) is 14. The van der Waals surface area contributed by atoms with Crippen LogP contribution in [-0.2, 0) is 39.4 Å². The van der Waals surface area contributed by atoms with Gasteiger partial charge in [0.1, 0.15) is 17.0 Å². The van der Waals surface area contributed by atoms with Gasteiger partial charge in [0, 0.05) is 0 Å². The highest BCUT2D eigenvalue weighted by Crippen LogP contribution is 2.42. The van der Waals surface area contributed by atoms with Crippen LogP contribution in [0, 0.1) is 0 Å². The van der Waals surface area contributed by atoms with Crippen LogP contribution >= 0.6 is 0 Å². The number of rotatable bonds is 21. The van der Waals surface area contributed by atoms with E-state index in [4.69, 9.17) is 0 Å². The zero-order valence-electron chi connectivity index (χ0n) is 38.9. The molecule has 3 rings (SSSR count). The minimum absolute atomic E-state index is 0.152. The van der Waals surface area contributed by atoms with Crippen molar-refractivity contribution in [1.82, 2.24) is 10.2 Å². The average Bonchev–Trinajstić information content (AvgIpc) is 3.32. The molecule has 0 aromatic heterocycles. The Hall–Kier alpha value is -3.02. The molecule has 1 heterocycles. The monoisotopic (exact) mass is 789 g/mol. The highest BCUT2D eigenvalue weighted by molar-refractivity contribution is 6.07. The van der Waals surface area contributed by atoms with E-state index in [1.807, 2.05) is 12.1 Å². The first kappa shape index (κ1) is 48.3. The maximum Gasteiger partial charge on any atom is 0.325 e. The van der Waals surface area contributed by atoms with Gasteiger partial charge in [-0.05, 0) is 86.4 Å². The number of imide groups is 1. The number of hydrogen-bond donors (Lipinski definition) is 3. The summed E-state index contributed by atoms with van der Waals surface area (Å²) in [4.78, 5) is 30.1. The Morgan fingerprint density at radius 3 is 1.19 bits per heavy atom. The summed E-state index contributed by atoms with van der Waals surface area (Å²) in [6.45, 7) is 27.6. The number of nitrogens with zero attached hydrogens (tertiary/aromatic N) is 1. The standard InChI is InChI=1S/C51H84N2O4/c1-14-15-16-17-18-19-20-21-22-23-24-25-26-27-28-30-51(31-29-37-32-39(47(2,3)4)43(54)40(33-37)48(5,6)7)45(56)53(46(57)52-51)36-38-34-41(49(8,9)10)44(55)42(35-38)50(11,12)13/h32-35,54-55H,14-31,36H2,1-13H3,(H,52,57). The van der Waals surface area contributed by atoms with E-state index in [0.29, 0.717) is 25.0 Å². The minimum Gasteiger partial charge on any atom is -0.507 e. The number of aryl methyl sites for hydroxylation is 1. The molecule has 1 atom stereocenters. The summed E-state index contributed by atoms with van der Waals surface area (Å²) in [5.41, 5.74) is 3.18. The second-order valence-electron chi connectivity index (χ2n) is 21.7. The molecule has 1 saturated heterocycles. The molecule has 1 fully saturated rings. The largest absolute Gasteiger partial charge is 0.507 e. The van der Waals surface area contributed by atoms with E-state index >= 15 is 0 Å². The number of carbonyl (C=O) groups is 2. The number of urea groups is 1. The predicted octanol–water partition coefficient (Wildman–Crippen LogP) is 14.0. The summed E-state index contributed by atoms with van der Waals surface area (Å²) in [6.07, 6.45) is 20.8. The third-order valence-corrected chi connectivity index (χ3v) is 12.2. The molecule has 0 radical (unpaired) electrons. The first-order valence-electron chi connectivity index (χ1n) is 22.8. The fourth-order valence-corrected chi connectivity index (χ4v) is 8.53. The fraction of sp³-hybridized carbons (Fsp3) is 0.725. The van der Waals surface area contributed by atoms with Gasteiger partial charge in [-0.2, -0.15) is 0 Å². The summed E-state index contributed by atoms with van der Waals surface area (Å²) >= 11 is 0. The number of benzene rings is 2. The van der Waals surface area contributed by atoms with Crippen molar-refractivity contribution >= 4 is 11.9 Å². The lowest BCUT2D eigenvalue weighted by Crippen LogP contribution is -2.47. The van der Waals surface area contributed by atoms with Crippen LogP contribution in [0.2, 0.25) is 0 Å². The lowest BCUT2D eigenvalue weighted by molar-refractivity contribution is -0.132. The van der Waals surface area contributed by atoms with Crippen molar-refractivity contribution < 1.29 is 19.8 Å². The van der Waals surface area contributed by atoms with E-state index in [0.717, 1.165) is 52.6 Å². The van der Waals surface area contributed by atoms with Crippen molar-refractivity contribution in [2.45, 2.75) is 239 Å². The van der Waals surface area contributed by atoms with Gasteiger partial charge in [0.25, 0.3) is 5.91 Å². The van der Waals surface area contributed by atoms with Gasteiger partial charge in [0.05, 0.1) is 6.54 Å². The van der Waals surface area contributed by atoms with Crippen molar-refractivity contribution in [2.75, 3.05) is 0 Å².